The molecule has 106 valence electrons. The summed E-state index contributed by atoms with van der Waals surface area (Å²) in [7, 11) is 0. The zero-order chi connectivity index (χ0) is 14.3. The summed E-state index contributed by atoms with van der Waals surface area (Å²) in [5.74, 6) is 0.218. The van der Waals surface area contributed by atoms with Crippen molar-refractivity contribution in [2.75, 3.05) is 13.2 Å². The Labute approximate surface area is 111 Å². The summed E-state index contributed by atoms with van der Waals surface area (Å²) in [6, 6.07) is 4.79. The van der Waals surface area contributed by atoms with Gasteiger partial charge in [0.1, 0.15) is 18.2 Å². The minimum absolute atomic E-state index is 0.117. The van der Waals surface area contributed by atoms with E-state index in [2.05, 4.69) is 10.6 Å². The van der Waals surface area contributed by atoms with E-state index in [1.54, 1.807) is 13.8 Å². The molecule has 0 saturated carbocycles. The van der Waals surface area contributed by atoms with E-state index in [0.717, 1.165) is 0 Å². The summed E-state index contributed by atoms with van der Waals surface area (Å²) in [4.78, 5) is 11.4. The Balaban J connectivity index is 2.29. The molecule has 0 saturated heterocycles. The highest BCUT2D eigenvalue weighted by Gasteiger charge is 2.10. The minimum Gasteiger partial charge on any atom is -0.491 e. The van der Waals surface area contributed by atoms with Gasteiger partial charge in [-0.2, -0.15) is 0 Å². The van der Waals surface area contributed by atoms with E-state index in [0.29, 0.717) is 5.75 Å². The smallest absolute Gasteiger partial charge is 0.315 e. The highest BCUT2D eigenvalue weighted by Crippen LogP contribution is 2.11. The van der Waals surface area contributed by atoms with E-state index in [4.69, 9.17) is 9.84 Å². The minimum atomic E-state index is -0.364. The van der Waals surface area contributed by atoms with Crippen LogP contribution < -0.4 is 15.4 Å². The number of benzene rings is 1. The zero-order valence-corrected chi connectivity index (χ0v) is 11.0. The maximum Gasteiger partial charge on any atom is 0.315 e. The second kappa shape index (κ2) is 7.58. The molecule has 0 radical (unpaired) electrons. The van der Waals surface area contributed by atoms with Crippen molar-refractivity contribution >= 4 is 6.03 Å². The van der Waals surface area contributed by atoms with Crippen LogP contribution in [0.2, 0.25) is 0 Å². The quantitative estimate of drug-likeness (QED) is 0.729. The Hall–Kier alpha value is -1.82. The van der Waals surface area contributed by atoms with E-state index in [-0.39, 0.29) is 37.1 Å². The Bertz CT molecular complexity index is 397. The van der Waals surface area contributed by atoms with Crippen molar-refractivity contribution in [3.8, 4) is 5.75 Å². The van der Waals surface area contributed by atoms with Crippen LogP contribution in [0.5, 0.6) is 5.75 Å². The molecule has 3 N–H and O–H groups in total. The average molecular weight is 270 g/mol. The standard InChI is InChI=1S/C13H19FN2O3/c1-9(7-17)15-13(18)16-10(2)8-19-12-5-3-11(14)4-6-12/h3-6,9-10,17H,7-8H2,1-2H3,(H2,15,16,18)/t9-,10?/m0/s1. The summed E-state index contributed by atoms with van der Waals surface area (Å²) >= 11 is 0. The van der Waals surface area contributed by atoms with Gasteiger partial charge in [0.2, 0.25) is 0 Å². The fraction of sp³-hybridized carbons (Fsp3) is 0.462. The van der Waals surface area contributed by atoms with Gasteiger partial charge in [-0.05, 0) is 38.1 Å². The molecular formula is C13H19FN2O3. The zero-order valence-electron chi connectivity index (χ0n) is 11.0. The second-order valence-corrected chi connectivity index (χ2v) is 4.37. The normalized spacial score (nSPS) is 13.5. The fourth-order valence-electron chi connectivity index (χ4n) is 1.33. The number of aliphatic hydroxyl groups is 1. The molecule has 1 aromatic carbocycles. The highest BCUT2D eigenvalue weighted by molar-refractivity contribution is 5.74. The number of carbonyl (C=O) groups is 1. The number of ether oxygens (including phenoxy) is 1. The van der Waals surface area contributed by atoms with Gasteiger partial charge >= 0.3 is 6.03 Å². The van der Waals surface area contributed by atoms with E-state index in [1.807, 2.05) is 0 Å². The number of aliphatic hydroxyl groups excluding tert-OH is 1. The Morgan fingerprint density at radius 1 is 1.26 bits per heavy atom. The Kier molecular flexibility index (Phi) is 6.08. The largest absolute Gasteiger partial charge is 0.491 e. The average Bonchev–Trinajstić information content (AvgIpc) is 2.37. The maximum absolute atomic E-state index is 12.7. The van der Waals surface area contributed by atoms with Crippen LogP contribution in [-0.4, -0.2) is 36.4 Å². The summed E-state index contributed by atoms with van der Waals surface area (Å²) in [6.45, 7) is 3.63. The lowest BCUT2D eigenvalue weighted by molar-refractivity contribution is 0.211. The molecule has 0 aliphatic carbocycles. The molecule has 0 aromatic heterocycles. The lowest BCUT2D eigenvalue weighted by atomic mass is 10.3. The number of amides is 2. The molecule has 19 heavy (non-hydrogen) atoms. The third-order valence-electron chi connectivity index (χ3n) is 2.34. The molecule has 5 nitrogen and oxygen atoms in total. The molecule has 0 heterocycles. The van der Waals surface area contributed by atoms with Crippen LogP contribution in [-0.2, 0) is 0 Å². The van der Waals surface area contributed by atoms with Crippen LogP contribution in [0.3, 0.4) is 0 Å². The van der Waals surface area contributed by atoms with Gasteiger partial charge in [0, 0.05) is 0 Å². The molecule has 1 unspecified atom stereocenters. The fourth-order valence-corrected chi connectivity index (χ4v) is 1.33. The van der Waals surface area contributed by atoms with Crippen LogP contribution in [0.25, 0.3) is 0 Å². The first-order valence-corrected chi connectivity index (χ1v) is 6.07. The lowest BCUT2D eigenvalue weighted by Crippen LogP contribution is -2.47. The monoisotopic (exact) mass is 270 g/mol. The van der Waals surface area contributed by atoms with Crippen molar-refractivity contribution in [2.24, 2.45) is 0 Å². The number of hydrogen-bond donors (Lipinski definition) is 3. The summed E-state index contributed by atoms with van der Waals surface area (Å²) < 4.78 is 18.1. The number of nitrogens with one attached hydrogen (secondary N) is 2. The number of hydrogen-bond acceptors (Lipinski definition) is 3. The first-order valence-electron chi connectivity index (χ1n) is 6.07. The van der Waals surface area contributed by atoms with Crippen LogP contribution >= 0.6 is 0 Å². The van der Waals surface area contributed by atoms with E-state index in [9.17, 15) is 9.18 Å². The first-order chi connectivity index (χ1) is 9.01. The van der Waals surface area contributed by atoms with Crippen LogP contribution in [0.15, 0.2) is 24.3 Å². The van der Waals surface area contributed by atoms with Gasteiger partial charge in [-0.15, -0.1) is 0 Å². The molecule has 2 amide bonds. The number of rotatable bonds is 6. The van der Waals surface area contributed by atoms with Gasteiger partial charge in [0.05, 0.1) is 18.7 Å². The summed E-state index contributed by atoms with van der Waals surface area (Å²) in [6.07, 6.45) is 0. The third-order valence-corrected chi connectivity index (χ3v) is 2.34. The van der Waals surface area contributed by atoms with Crippen molar-refractivity contribution < 1.29 is 19.0 Å². The third kappa shape index (κ3) is 6.05. The first kappa shape index (κ1) is 15.2. The van der Waals surface area contributed by atoms with Crippen LogP contribution in [0.1, 0.15) is 13.8 Å². The van der Waals surface area contributed by atoms with E-state index in [1.165, 1.54) is 24.3 Å². The van der Waals surface area contributed by atoms with Gasteiger partial charge in [-0.25, -0.2) is 9.18 Å². The second-order valence-electron chi connectivity index (χ2n) is 4.37. The molecule has 1 rings (SSSR count). The molecule has 0 bridgehead atoms. The summed E-state index contributed by atoms with van der Waals surface area (Å²) in [5.41, 5.74) is 0. The molecule has 0 spiro atoms. The van der Waals surface area contributed by atoms with Gasteiger partial charge in [-0.1, -0.05) is 0 Å². The molecule has 1 aromatic rings. The molecular weight excluding hydrogens is 251 g/mol. The number of urea groups is 1. The Morgan fingerprint density at radius 3 is 2.42 bits per heavy atom. The SMILES string of the molecule is CC(COc1ccc(F)cc1)NC(=O)N[C@@H](C)CO. The van der Waals surface area contributed by atoms with Crippen LogP contribution in [0.4, 0.5) is 9.18 Å². The molecule has 0 fully saturated rings. The van der Waals surface area contributed by atoms with E-state index >= 15 is 0 Å². The number of carbonyl (C=O) groups excluding carboxylic acids is 1. The predicted molar refractivity (Wildman–Crippen MR) is 69.6 cm³/mol. The molecule has 0 aliphatic heterocycles. The van der Waals surface area contributed by atoms with E-state index < -0.39 is 0 Å². The Morgan fingerprint density at radius 2 is 1.84 bits per heavy atom. The predicted octanol–water partition coefficient (Wildman–Crippen LogP) is 1.27. The molecule has 0 aliphatic rings. The molecule has 6 heteroatoms. The van der Waals surface area contributed by atoms with Gasteiger partial charge < -0.3 is 20.5 Å². The van der Waals surface area contributed by atoms with Gasteiger partial charge in [-0.3, -0.25) is 0 Å². The highest BCUT2D eigenvalue weighted by atomic mass is 19.1. The van der Waals surface area contributed by atoms with Crippen molar-refractivity contribution in [3.05, 3.63) is 30.1 Å². The lowest BCUT2D eigenvalue weighted by Gasteiger charge is -2.17. The maximum atomic E-state index is 12.7. The summed E-state index contributed by atoms with van der Waals surface area (Å²) in [5, 5.41) is 14.0. The van der Waals surface area contributed by atoms with Crippen molar-refractivity contribution in [2.45, 2.75) is 25.9 Å². The van der Waals surface area contributed by atoms with Crippen LogP contribution in [0, 0.1) is 5.82 Å². The van der Waals surface area contributed by atoms with Crippen molar-refractivity contribution in [1.29, 1.82) is 0 Å². The van der Waals surface area contributed by atoms with Gasteiger partial charge in [0.15, 0.2) is 0 Å². The molecule has 2 atom stereocenters. The van der Waals surface area contributed by atoms with Crippen molar-refractivity contribution in [1.82, 2.24) is 10.6 Å². The topological polar surface area (TPSA) is 70.6 Å². The van der Waals surface area contributed by atoms with Crippen molar-refractivity contribution in [3.63, 3.8) is 0 Å². The van der Waals surface area contributed by atoms with Gasteiger partial charge in [0.25, 0.3) is 0 Å². The number of halogens is 1.